The smallest absolute Gasteiger partial charge is 0.254 e. The summed E-state index contributed by atoms with van der Waals surface area (Å²) in [6.45, 7) is 4.98. The van der Waals surface area contributed by atoms with Crippen molar-refractivity contribution in [3.8, 4) is 22.6 Å². The molecule has 1 fully saturated rings. The maximum Gasteiger partial charge on any atom is 0.254 e. The SMILES string of the molecule is NCCCN(Cc1cccc(-c2ccc(N3CCN(c4ccc(F)cc4)CC3)c(N)c2)c1)C(=O)c1ccc2c(c1)OCO2. The number of piperazine rings is 1. The molecule has 4 N–H and O–H groups in total. The second-order valence-corrected chi connectivity index (χ2v) is 10.9. The molecule has 0 bridgehead atoms. The summed E-state index contributed by atoms with van der Waals surface area (Å²) in [7, 11) is 0. The van der Waals surface area contributed by atoms with Gasteiger partial charge in [0, 0.05) is 50.5 Å². The third kappa shape index (κ3) is 6.36. The van der Waals surface area contributed by atoms with Gasteiger partial charge < -0.3 is 35.6 Å². The van der Waals surface area contributed by atoms with Crippen molar-refractivity contribution in [2.45, 2.75) is 13.0 Å². The van der Waals surface area contributed by atoms with E-state index >= 15 is 0 Å². The van der Waals surface area contributed by atoms with Crippen LogP contribution in [0, 0.1) is 5.82 Å². The summed E-state index contributed by atoms with van der Waals surface area (Å²) in [5, 5.41) is 0. The van der Waals surface area contributed by atoms with Crippen molar-refractivity contribution < 1.29 is 18.7 Å². The van der Waals surface area contributed by atoms with Crippen LogP contribution in [0.25, 0.3) is 11.1 Å². The molecule has 2 aliphatic rings. The van der Waals surface area contributed by atoms with Gasteiger partial charge in [-0.05, 0) is 90.3 Å². The predicted octanol–water partition coefficient (Wildman–Crippen LogP) is 5.12. The zero-order valence-electron chi connectivity index (χ0n) is 24.0. The lowest BCUT2D eigenvalue weighted by Crippen LogP contribution is -2.46. The fourth-order valence-electron chi connectivity index (χ4n) is 5.70. The van der Waals surface area contributed by atoms with Crippen molar-refractivity contribution in [3.63, 3.8) is 0 Å². The number of nitrogens with two attached hydrogens (primary N) is 2. The Balaban J connectivity index is 1.14. The number of rotatable bonds is 9. The number of nitrogens with zero attached hydrogens (tertiary/aromatic N) is 3. The van der Waals surface area contributed by atoms with E-state index in [4.69, 9.17) is 20.9 Å². The molecule has 0 aliphatic carbocycles. The van der Waals surface area contributed by atoms with Crippen molar-refractivity contribution in [2.24, 2.45) is 5.73 Å². The number of halogens is 1. The van der Waals surface area contributed by atoms with Crippen molar-refractivity contribution in [3.05, 3.63) is 102 Å². The topological polar surface area (TPSA) is 97.3 Å². The molecule has 0 radical (unpaired) electrons. The number of hydrogen-bond donors (Lipinski definition) is 2. The van der Waals surface area contributed by atoms with Gasteiger partial charge >= 0.3 is 0 Å². The van der Waals surface area contributed by atoms with Gasteiger partial charge in [-0.25, -0.2) is 4.39 Å². The van der Waals surface area contributed by atoms with E-state index in [2.05, 4.69) is 34.1 Å². The fraction of sp³-hybridized carbons (Fsp3) is 0.265. The molecule has 4 aromatic carbocycles. The quantitative estimate of drug-likeness (QED) is 0.265. The van der Waals surface area contributed by atoms with E-state index in [1.807, 2.05) is 35.2 Å². The van der Waals surface area contributed by atoms with Gasteiger partial charge in [0.1, 0.15) is 5.82 Å². The first-order valence-corrected chi connectivity index (χ1v) is 14.6. The van der Waals surface area contributed by atoms with E-state index in [1.165, 1.54) is 12.1 Å². The van der Waals surface area contributed by atoms with Gasteiger partial charge in [-0.2, -0.15) is 0 Å². The molecule has 6 rings (SSSR count). The molecule has 8 nitrogen and oxygen atoms in total. The average Bonchev–Trinajstić information content (AvgIpc) is 3.51. The van der Waals surface area contributed by atoms with E-state index < -0.39 is 0 Å². The molecule has 1 saturated heterocycles. The Morgan fingerprint density at radius 3 is 2.35 bits per heavy atom. The summed E-state index contributed by atoms with van der Waals surface area (Å²) >= 11 is 0. The van der Waals surface area contributed by atoms with Crippen LogP contribution < -0.4 is 30.7 Å². The normalized spacial score (nSPS) is 14.2. The predicted molar refractivity (Wildman–Crippen MR) is 168 cm³/mol. The van der Waals surface area contributed by atoms with Crippen LogP contribution >= 0.6 is 0 Å². The van der Waals surface area contributed by atoms with Crippen LogP contribution in [-0.4, -0.2) is 56.9 Å². The number of benzene rings is 4. The molecule has 4 aromatic rings. The van der Waals surface area contributed by atoms with Crippen molar-refractivity contribution in [1.29, 1.82) is 0 Å². The van der Waals surface area contributed by atoms with Gasteiger partial charge in [0.15, 0.2) is 11.5 Å². The van der Waals surface area contributed by atoms with Crippen LogP contribution in [0.1, 0.15) is 22.3 Å². The second-order valence-electron chi connectivity index (χ2n) is 10.9. The Morgan fingerprint density at radius 2 is 1.58 bits per heavy atom. The van der Waals surface area contributed by atoms with E-state index in [-0.39, 0.29) is 18.5 Å². The lowest BCUT2D eigenvalue weighted by atomic mass is 10.0. The first-order chi connectivity index (χ1) is 21.0. The average molecular weight is 582 g/mol. The lowest BCUT2D eigenvalue weighted by Gasteiger charge is -2.38. The summed E-state index contributed by atoms with van der Waals surface area (Å²) in [4.78, 5) is 19.9. The summed E-state index contributed by atoms with van der Waals surface area (Å²) < 4.78 is 24.2. The Morgan fingerprint density at radius 1 is 0.837 bits per heavy atom. The summed E-state index contributed by atoms with van der Waals surface area (Å²) in [6.07, 6.45) is 0.701. The molecule has 2 aliphatic heterocycles. The zero-order chi connectivity index (χ0) is 29.8. The molecule has 1 amide bonds. The zero-order valence-corrected chi connectivity index (χ0v) is 24.0. The van der Waals surface area contributed by atoms with Crippen molar-refractivity contribution >= 4 is 23.0 Å². The highest BCUT2D eigenvalue weighted by atomic mass is 19.1. The summed E-state index contributed by atoms with van der Waals surface area (Å²) in [5.41, 5.74) is 18.8. The maximum absolute atomic E-state index is 13.5. The number of fused-ring (bicyclic) bond motifs is 1. The number of anilines is 3. The molecule has 2 heterocycles. The van der Waals surface area contributed by atoms with Crippen LogP contribution in [0.5, 0.6) is 11.5 Å². The number of nitrogen functional groups attached to an aromatic ring is 1. The number of carbonyl (C=O) groups is 1. The standard InChI is InChI=1S/C34H36FN5O3/c35-28-7-9-29(10-8-28)38-15-17-39(18-16-38)31-11-5-26(20-30(31)37)25-4-1-3-24(19-25)22-40(14-2-13-36)34(41)27-6-12-32-33(21-27)43-23-42-32/h1,3-12,19-21H,2,13-18,22-23,36-37H2. The van der Waals surface area contributed by atoms with E-state index in [0.717, 1.165) is 59.9 Å². The van der Waals surface area contributed by atoms with Crippen LogP contribution in [0.15, 0.2) is 84.9 Å². The number of carbonyl (C=O) groups excluding carboxylic acids is 1. The largest absolute Gasteiger partial charge is 0.454 e. The molecule has 0 aromatic heterocycles. The highest BCUT2D eigenvalue weighted by Gasteiger charge is 2.22. The van der Waals surface area contributed by atoms with Crippen molar-refractivity contribution in [1.82, 2.24) is 4.90 Å². The third-order valence-electron chi connectivity index (χ3n) is 8.01. The number of hydrogen-bond acceptors (Lipinski definition) is 7. The van der Waals surface area contributed by atoms with Gasteiger partial charge in [-0.3, -0.25) is 4.79 Å². The first kappa shape index (κ1) is 28.4. The monoisotopic (exact) mass is 581 g/mol. The minimum Gasteiger partial charge on any atom is -0.454 e. The summed E-state index contributed by atoms with van der Waals surface area (Å²) in [5.74, 6) is 0.933. The third-order valence-corrected chi connectivity index (χ3v) is 8.01. The maximum atomic E-state index is 13.5. The molecule has 0 spiro atoms. The molecule has 0 unspecified atom stereocenters. The molecule has 222 valence electrons. The van der Waals surface area contributed by atoms with Gasteiger partial charge in [0.05, 0.1) is 11.4 Å². The Bertz CT molecular complexity index is 1590. The minimum absolute atomic E-state index is 0.0784. The van der Waals surface area contributed by atoms with E-state index in [1.54, 1.807) is 18.2 Å². The van der Waals surface area contributed by atoms with Gasteiger partial charge in [0.25, 0.3) is 5.91 Å². The van der Waals surface area contributed by atoms with Gasteiger partial charge in [-0.15, -0.1) is 0 Å². The molecular formula is C34H36FN5O3. The Labute approximate surface area is 251 Å². The lowest BCUT2D eigenvalue weighted by molar-refractivity contribution is 0.0742. The van der Waals surface area contributed by atoms with Crippen molar-refractivity contribution in [2.75, 3.05) is 61.6 Å². The van der Waals surface area contributed by atoms with Crippen LogP contribution in [-0.2, 0) is 6.54 Å². The molecule has 9 heteroatoms. The molecule has 43 heavy (non-hydrogen) atoms. The molecular weight excluding hydrogens is 545 g/mol. The Hall–Kier alpha value is -4.76. The van der Waals surface area contributed by atoms with Crippen LogP contribution in [0.3, 0.4) is 0 Å². The minimum atomic E-state index is -0.223. The van der Waals surface area contributed by atoms with Gasteiger partial charge in [0.2, 0.25) is 6.79 Å². The first-order valence-electron chi connectivity index (χ1n) is 14.6. The van der Waals surface area contributed by atoms with Crippen LogP contribution in [0.2, 0.25) is 0 Å². The summed E-state index contributed by atoms with van der Waals surface area (Å²) in [6, 6.07) is 26.4. The van der Waals surface area contributed by atoms with Crippen LogP contribution in [0.4, 0.5) is 21.5 Å². The number of ether oxygens (including phenoxy) is 2. The molecule has 0 saturated carbocycles. The highest BCUT2D eigenvalue weighted by Crippen LogP contribution is 2.34. The van der Waals surface area contributed by atoms with Gasteiger partial charge in [-0.1, -0.05) is 24.3 Å². The Kier molecular flexibility index (Phi) is 8.33. The highest BCUT2D eigenvalue weighted by molar-refractivity contribution is 5.95. The van der Waals surface area contributed by atoms with E-state index in [0.29, 0.717) is 43.1 Å². The van der Waals surface area contributed by atoms with E-state index in [9.17, 15) is 9.18 Å². The second kappa shape index (κ2) is 12.6. The number of amides is 1. The molecule has 0 atom stereocenters. The fourth-order valence-corrected chi connectivity index (χ4v) is 5.70.